The van der Waals surface area contributed by atoms with Crippen molar-refractivity contribution in [1.82, 2.24) is 19.7 Å². The first-order valence-electron chi connectivity index (χ1n) is 14.0. The smallest absolute Gasteiger partial charge is 0.208 e. The zero-order valence-corrected chi connectivity index (χ0v) is 23.4. The second-order valence-corrected chi connectivity index (χ2v) is 11.9. The van der Waals surface area contributed by atoms with Crippen LogP contribution in [-0.4, -0.2) is 68.3 Å². The Morgan fingerprint density at radius 3 is 2.77 bits per heavy atom. The molecule has 7 rings (SSSR count). The Kier molecular flexibility index (Phi) is 5.94. The number of aliphatic hydroxyl groups excluding tert-OH is 1. The summed E-state index contributed by atoms with van der Waals surface area (Å²) in [4.78, 5) is 12.3. The van der Waals surface area contributed by atoms with Crippen LogP contribution >= 0.6 is 0 Å². The summed E-state index contributed by atoms with van der Waals surface area (Å²) in [6.45, 7) is 8.11. The number of rotatable bonds is 6. The number of aliphatic hydroxyl groups is 2. The predicted molar refractivity (Wildman–Crippen MR) is 153 cm³/mol. The summed E-state index contributed by atoms with van der Waals surface area (Å²) >= 11 is 0. The minimum absolute atomic E-state index is 0.0968. The van der Waals surface area contributed by atoms with Gasteiger partial charge in [-0.3, -0.25) is 4.68 Å². The van der Waals surface area contributed by atoms with Crippen molar-refractivity contribution < 1.29 is 19.7 Å². The summed E-state index contributed by atoms with van der Waals surface area (Å²) in [6, 6.07) is 6.45. The van der Waals surface area contributed by atoms with E-state index in [0.29, 0.717) is 13.2 Å². The molecule has 210 valence electrons. The van der Waals surface area contributed by atoms with Crippen molar-refractivity contribution in [3.63, 3.8) is 0 Å². The van der Waals surface area contributed by atoms with Crippen LogP contribution in [0.1, 0.15) is 50.8 Å². The van der Waals surface area contributed by atoms with E-state index in [-0.39, 0.29) is 12.1 Å². The molecule has 10 heteroatoms. The second kappa shape index (κ2) is 9.31. The molecule has 0 radical (unpaired) electrons. The van der Waals surface area contributed by atoms with Gasteiger partial charge in [0, 0.05) is 37.6 Å². The van der Waals surface area contributed by atoms with Crippen molar-refractivity contribution in [2.75, 3.05) is 30.1 Å². The number of nitrogens with zero attached hydrogens (tertiary/aromatic N) is 5. The van der Waals surface area contributed by atoms with Gasteiger partial charge in [0.15, 0.2) is 0 Å². The summed E-state index contributed by atoms with van der Waals surface area (Å²) in [7, 11) is 1.90. The van der Waals surface area contributed by atoms with E-state index in [1.165, 1.54) is 0 Å². The van der Waals surface area contributed by atoms with Gasteiger partial charge in [0.2, 0.25) is 6.35 Å². The van der Waals surface area contributed by atoms with E-state index in [1.54, 1.807) is 18.5 Å². The van der Waals surface area contributed by atoms with Gasteiger partial charge in [-0.25, -0.2) is 4.98 Å². The summed E-state index contributed by atoms with van der Waals surface area (Å²) in [5.74, 6) is 0. The Bertz CT molecular complexity index is 1580. The molecule has 2 unspecified atom stereocenters. The lowest BCUT2D eigenvalue weighted by molar-refractivity contribution is -0.0390. The van der Waals surface area contributed by atoms with Gasteiger partial charge in [-0.15, -0.1) is 0 Å². The Labute approximate surface area is 233 Å². The number of ether oxygens (including phenoxy) is 2. The Balaban J connectivity index is 1.38. The van der Waals surface area contributed by atoms with Gasteiger partial charge in [0.05, 0.1) is 65.7 Å². The van der Waals surface area contributed by atoms with Crippen LogP contribution in [0.15, 0.2) is 36.8 Å². The monoisotopic (exact) mass is 544 g/mol. The molecule has 4 aromatic rings. The first kappa shape index (κ1) is 25.5. The highest BCUT2D eigenvalue weighted by Crippen LogP contribution is 2.55. The number of benzene rings is 1. The normalized spacial score (nSPS) is 20.9. The maximum atomic E-state index is 11.4. The lowest BCUT2D eigenvalue weighted by Gasteiger charge is -2.32. The van der Waals surface area contributed by atoms with Crippen molar-refractivity contribution in [3.8, 4) is 22.4 Å². The van der Waals surface area contributed by atoms with Crippen LogP contribution in [-0.2, 0) is 22.6 Å². The molecule has 0 amide bonds. The molecule has 1 aromatic carbocycles. The Morgan fingerprint density at radius 2 is 2.00 bits per heavy atom. The van der Waals surface area contributed by atoms with Gasteiger partial charge < -0.3 is 34.5 Å². The highest BCUT2D eigenvalue weighted by Gasteiger charge is 2.42. The van der Waals surface area contributed by atoms with Crippen molar-refractivity contribution in [3.05, 3.63) is 47.9 Å². The molecule has 1 fully saturated rings. The minimum Gasteiger partial charge on any atom is -0.389 e. The van der Waals surface area contributed by atoms with Crippen LogP contribution < -0.4 is 9.80 Å². The zero-order chi connectivity index (χ0) is 27.8. The number of anilines is 2. The molecule has 3 aliphatic rings. The fraction of sp³-hybridized carbons (Fsp3) is 0.467. The van der Waals surface area contributed by atoms with Crippen LogP contribution in [0, 0.1) is 0 Å². The van der Waals surface area contributed by atoms with E-state index < -0.39 is 12.0 Å². The van der Waals surface area contributed by atoms with Gasteiger partial charge in [-0.2, -0.15) is 5.10 Å². The molecular weight excluding hydrogens is 508 g/mol. The summed E-state index contributed by atoms with van der Waals surface area (Å²) in [5.41, 5.74) is 7.95. The fourth-order valence-electron chi connectivity index (χ4n) is 6.41. The molecule has 10 nitrogen and oxygen atoms in total. The lowest BCUT2D eigenvalue weighted by atomic mass is 9.92. The van der Waals surface area contributed by atoms with Crippen molar-refractivity contribution >= 4 is 22.4 Å². The number of hydrogen-bond acceptors (Lipinski definition) is 8. The summed E-state index contributed by atoms with van der Waals surface area (Å²) in [5, 5.41) is 27.3. The molecule has 6 heterocycles. The first-order chi connectivity index (χ1) is 19.2. The maximum Gasteiger partial charge on any atom is 0.208 e. The van der Waals surface area contributed by atoms with E-state index in [9.17, 15) is 10.2 Å². The van der Waals surface area contributed by atoms with E-state index in [0.717, 1.165) is 82.0 Å². The Morgan fingerprint density at radius 1 is 1.20 bits per heavy atom. The molecule has 40 heavy (non-hydrogen) atoms. The molecular formula is C30H36N6O4. The molecule has 0 saturated carbocycles. The summed E-state index contributed by atoms with van der Waals surface area (Å²) in [6.07, 6.45) is 6.87. The van der Waals surface area contributed by atoms with Gasteiger partial charge in [-0.1, -0.05) is 18.2 Å². The largest absolute Gasteiger partial charge is 0.389 e. The molecule has 1 saturated heterocycles. The van der Waals surface area contributed by atoms with Crippen LogP contribution in [0.5, 0.6) is 0 Å². The van der Waals surface area contributed by atoms with Crippen LogP contribution in [0.25, 0.3) is 33.4 Å². The fourth-order valence-corrected chi connectivity index (χ4v) is 6.41. The topological polar surface area (TPSA) is 112 Å². The second-order valence-electron chi connectivity index (χ2n) is 11.9. The number of aromatic nitrogens is 4. The van der Waals surface area contributed by atoms with Crippen LogP contribution in [0.3, 0.4) is 0 Å². The quantitative estimate of drug-likeness (QED) is 0.332. The number of nitrogens with one attached hydrogen (secondary N) is 1. The number of hydrogen-bond donors (Lipinski definition) is 3. The zero-order valence-electron chi connectivity index (χ0n) is 23.4. The van der Waals surface area contributed by atoms with E-state index in [2.05, 4.69) is 40.1 Å². The molecule has 3 N–H and O–H groups in total. The first-order valence-corrected chi connectivity index (χ1v) is 14.0. The predicted octanol–water partition coefficient (Wildman–Crippen LogP) is 4.17. The highest BCUT2D eigenvalue weighted by atomic mass is 16.5. The van der Waals surface area contributed by atoms with Gasteiger partial charge in [0.25, 0.3) is 0 Å². The number of pyridine rings is 1. The average molecular weight is 545 g/mol. The van der Waals surface area contributed by atoms with Gasteiger partial charge in [0.1, 0.15) is 5.65 Å². The number of aromatic amines is 1. The van der Waals surface area contributed by atoms with Crippen molar-refractivity contribution in [2.45, 2.75) is 70.9 Å². The molecule has 0 spiro atoms. The standard InChI is InChI=1S/C30H36N6O4/c1-17-22-11-18(15-40-20-7-9-39-10-8-20)5-6-21(22)24-25-27-23(34(4)29(37)36(17)27)13-31-28(25)33-26(24)19-12-32-35(14-19)16-30(2,3)38/h5-6,11-14,17,20,29,37-38H,7-10,15-16H2,1-4H3,(H,31,33). The van der Waals surface area contributed by atoms with Crippen LogP contribution in [0.2, 0.25) is 0 Å². The lowest BCUT2D eigenvalue weighted by Crippen LogP contribution is -2.42. The molecule has 3 aliphatic heterocycles. The van der Waals surface area contributed by atoms with Crippen LogP contribution in [0.4, 0.5) is 11.4 Å². The van der Waals surface area contributed by atoms with Gasteiger partial charge in [-0.05, 0) is 50.3 Å². The summed E-state index contributed by atoms with van der Waals surface area (Å²) < 4.78 is 13.5. The molecule has 3 aromatic heterocycles. The maximum absolute atomic E-state index is 11.4. The molecule has 0 aliphatic carbocycles. The van der Waals surface area contributed by atoms with Crippen molar-refractivity contribution in [2.24, 2.45) is 0 Å². The number of fused-ring (bicyclic) bond motifs is 2. The third-order valence-corrected chi connectivity index (χ3v) is 8.39. The number of H-pyrrole nitrogens is 1. The minimum atomic E-state index is -0.885. The average Bonchev–Trinajstić information content (AvgIpc) is 3.59. The van der Waals surface area contributed by atoms with Gasteiger partial charge >= 0.3 is 0 Å². The third kappa shape index (κ3) is 4.09. The highest BCUT2D eigenvalue weighted by molar-refractivity contribution is 6.14. The van der Waals surface area contributed by atoms with E-state index in [4.69, 9.17) is 14.5 Å². The molecule has 0 bridgehead atoms. The molecule has 2 atom stereocenters. The Hall–Kier alpha value is -3.44. The van der Waals surface area contributed by atoms with E-state index >= 15 is 0 Å². The van der Waals surface area contributed by atoms with E-state index in [1.807, 2.05) is 30.5 Å². The van der Waals surface area contributed by atoms with Crippen molar-refractivity contribution in [1.29, 1.82) is 0 Å². The SMILES string of the molecule is CC1c2cc(COC3CCOCC3)ccc2-c2c(-c3cnn(CC(C)(C)O)c3)[nH]c3ncc4c(c23)N1C(O)N4C. The third-order valence-electron chi connectivity index (χ3n) is 8.39.